The number of nitrogens with two attached hydrogens (primary N) is 1. The van der Waals surface area contributed by atoms with E-state index in [0.717, 1.165) is 12.8 Å². The van der Waals surface area contributed by atoms with Crippen LogP contribution < -0.4 is 5.73 Å². The average molecular weight is 155 g/mol. The Morgan fingerprint density at radius 3 is 2.55 bits per heavy atom. The van der Waals surface area contributed by atoms with Crippen molar-refractivity contribution in [2.45, 2.75) is 31.2 Å². The van der Waals surface area contributed by atoms with Gasteiger partial charge in [0.15, 0.2) is 0 Å². The van der Waals surface area contributed by atoms with Gasteiger partial charge in [-0.15, -0.1) is 0 Å². The minimum Gasteiger partial charge on any atom is -0.480 e. The molecule has 0 aromatic carbocycles. The molecule has 3 atom stereocenters. The van der Waals surface area contributed by atoms with Gasteiger partial charge in [0.2, 0.25) is 0 Å². The van der Waals surface area contributed by atoms with Crippen molar-refractivity contribution in [1.29, 1.82) is 0 Å². The Kier molecular flexibility index (Phi) is 1.27. The quantitative estimate of drug-likeness (QED) is 0.582. The van der Waals surface area contributed by atoms with Gasteiger partial charge in [-0.2, -0.15) is 0 Å². The topological polar surface area (TPSA) is 63.3 Å². The molecule has 3 heteroatoms. The highest BCUT2D eigenvalue weighted by Crippen LogP contribution is 2.49. The SMILES string of the molecule is NC1(C(=O)O)C[C@@H]2CC[C@H]1C2. The van der Waals surface area contributed by atoms with Crippen molar-refractivity contribution in [2.75, 3.05) is 0 Å². The number of hydrogen-bond donors (Lipinski definition) is 2. The average Bonchev–Trinajstić information content (AvgIpc) is 2.45. The molecule has 0 spiro atoms. The molecule has 2 aliphatic carbocycles. The molecule has 62 valence electrons. The van der Waals surface area contributed by atoms with Crippen LogP contribution in [-0.4, -0.2) is 16.6 Å². The second-order valence-electron chi connectivity index (χ2n) is 3.93. The zero-order valence-electron chi connectivity index (χ0n) is 6.42. The molecule has 0 heterocycles. The summed E-state index contributed by atoms with van der Waals surface area (Å²) in [5, 5.41) is 8.87. The number of rotatable bonds is 1. The highest BCUT2D eigenvalue weighted by atomic mass is 16.4. The van der Waals surface area contributed by atoms with Gasteiger partial charge in [-0.3, -0.25) is 4.79 Å². The molecule has 2 fully saturated rings. The molecular formula is C8H13NO2. The molecule has 1 unspecified atom stereocenters. The summed E-state index contributed by atoms with van der Waals surface area (Å²) in [5.74, 6) is 0.0517. The Hall–Kier alpha value is -0.570. The van der Waals surface area contributed by atoms with Crippen molar-refractivity contribution in [2.24, 2.45) is 17.6 Å². The highest BCUT2D eigenvalue weighted by Gasteiger charge is 2.53. The summed E-state index contributed by atoms with van der Waals surface area (Å²) >= 11 is 0. The van der Waals surface area contributed by atoms with Crippen LogP contribution in [0.2, 0.25) is 0 Å². The van der Waals surface area contributed by atoms with Crippen LogP contribution in [0.1, 0.15) is 25.7 Å². The second-order valence-corrected chi connectivity index (χ2v) is 3.93. The monoisotopic (exact) mass is 155 g/mol. The maximum Gasteiger partial charge on any atom is 0.323 e. The first kappa shape index (κ1) is 7.10. The third kappa shape index (κ3) is 0.805. The molecule has 2 rings (SSSR count). The summed E-state index contributed by atoms with van der Waals surface area (Å²) < 4.78 is 0. The van der Waals surface area contributed by atoms with Crippen LogP contribution in [0, 0.1) is 11.8 Å². The number of aliphatic carboxylic acids is 1. The van der Waals surface area contributed by atoms with Crippen molar-refractivity contribution in [1.82, 2.24) is 0 Å². The normalized spacial score (nSPS) is 48.1. The third-order valence-corrected chi connectivity index (χ3v) is 3.29. The Bertz CT molecular complexity index is 204. The fourth-order valence-electron chi connectivity index (χ4n) is 2.63. The fraction of sp³-hybridized carbons (Fsp3) is 0.875. The fourth-order valence-corrected chi connectivity index (χ4v) is 2.63. The minimum absolute atomic E-state index is 0.255. The molecule has 0 aliphatic heterocycles. The van der Waals surface area contributed by atoms with Gasteiger partial charge in [0.25, 0.3) is 0 Å². The number of hydrogen-bond acceptors (Lipinski definition) is 2. The van der Waals surface area contributed by atoms with Crippen molar-refractivity contribution < 1.29 is 9.90 Å². The van der Waals surface area contributed by atoms with Gasteiger partial charge in [0.1, 0.15) is 5.54 Å². The molecule has 3 N–H and O–H groups in total. The number of carbonyl (C=O) groups is 1. The smallest absolute Gasteiger partial charge is 0.323 e. The van der Waals surface area contributed by atoms with Crippen molar-refractivity contribution >= 4 is 5.97 Å². The van der Waals surface area contributed by atoms with Crippen LogP contribution in [0.3, 0.4) is 0 Å². The van der Waals surface area contributed by atoms with Crippen LogP contribution >= 0.6 is 0 Å². The van der Waals surface area contributed by atoms with E-state index in [4.69, 9.17) is 10.8 Å². The largest absolute Gasteiger partial charge is 0.480 e. The zero-order chi connectivity index (χ0) is 8.06. The Balaban J connectivity index is 2.23. The van der Waals surface area contributed by atoms with Crippen molar-refractivity contribution in [3.8, 4) is 0 Å². The predicted octanol–water partition coefficient (Wildman–Crippen LogP) is 0.588. The number of carboxylic acid groups (broad SMARTS) is 1. The maximum absolute atomic E-state index is 10.8. The van der Waals surface area contributed by atoms with Gasteiger partial charge in [0, 0.05) is 0 Å². The van der Waals surface area contributed by atoms with Gasteiger partial charge in [-0.25, -0.2) is 0 Å². The van der Waals surface area contributed by atoms with Crippen molar-refractivity contribution in [3.63, 3.8) is 0 Å². The molecule has 0 aromatic heterocycles. The first-order chi connectivity index (χ1) is 5.13. The van der Waals surface area contributed by atoms with Gasteiger partial charge in [-0.05, 0) is 31.1 Å². The van der Waals surface area contributed by atoms with E-state index in [0.29, 0.717) is 12.3 Å². The Labute approximate surface area is 65.6 Å². The van der Waals surface area contributed by atoms with Crippen LogP contribution in [0.25, 0.3) is 0 Å². The van der Waals surface area contributed by atoms with E-state index in [1.807, 2.05) is 0 Å². The maximum atomic E-state index is 10.8. The highest BCUT2D eigenvalue weighted by molar-refractivity contribution is 5.79. The molecule has 3 nitrogen and oxygen atoms in total. The summed E-state index contributed by atoms with van der Waals surface area (Å²) in [5.41, 5.74) is 4.92. The third-order valence-electron chi connectivity index (χ3n) is 3.29. The molecule has 0 amide bonds. The summed E-state index contributed by atoms with van der Waals surface area (Å²) in [6.45, 7) is 0. The van der Waals surface area contributed by atoms with Crippen molar-refractivity contribution in [3.05, 3.63) is 0 Å². The lowest BCUT2D eigenvalue weighted by Gasteiger charge is -2.28. The molecule has 2 saturated carbocycles. The number of carboxylic acids is 1. The molecule has 11 heavy (non-hydrogen) atoms. The summed E-state index contributed by atoms with van der Waals surface area (Å²) in [6.07, 6.45) is 3.96. The molecule has 0 radical (unpaired) electrons. The molecule has 2 bridgehead atoms. The van der Waals surface area contributed by atoms with E-state index in [-0.39, 0.29) is 5.92 Å². The van der Waals surface area contributed by atoms with Gasteiger partial charge >= 0.3 is 5.97 Å². The van der Waals surface area contributed by atoms with Gasteiger partial charge < -0.3 is 10.8 Å². The zero-order valence-corrected chi connectivity index (χ0v) is 6.42. The van der Waals surface area contributed by atoms with E-state index in [1.165, 1.54) is 6.42 Å². The standard InChI is InChI=1S/C8H13NO2/c9-8(7(10)11)4-5-1-2-6(8)3-5/h5-6H,1-4,9H2,(H,10,11)/t5-,6+,8?/m1/s1. The Morgan fingerprint density at radius 2 is 2.27 bits per heavy atom. The van der Waals surface area contributed by atoms with E-state index >= 15 is 0 Å². The predicted molar refractivity (Wildman–Crippen MR) is 40.0 cm³/mol. The van der Waals surface area contributed by atoms with Gasteiger partial charge in [-0.1, -0.05) is 6.42 Å². The number of fused-ring (bicyclic) bond motifs is 2. The van der Waals surface area contributed by atoms with E-state index < -0.39 is 11.5 Å². The summed E-state index contributed by atoms with van der Waals surface area (Å²) in [6, 6.07) is 0. The lowest BCUT2D eigenvalue weighted by atomic mass is 9.82. The second kappa shape index (κ2) is 1.97. The van der Waals surface area contributed by atoms with E-state index in [9.17, 15) is 4.79 Å². The van der Waals surface area contributed by atoms with Crippen LogP contribution in [0.5, 0.6) is 0 Å². The Morgan fingerprint density at radius 1 is 1.55 bits per heavy atom. The molecule has 2 aliphatic rings. The first-order valence-corrected chi connectivity index (χ1v) is 4.15. The molecule has 0 saturated heterocycles. The van der Waals surface area contributed by atoms with E-state index in [1.54, 1.807) is 0 Å². The summed E-state index contributed by atoms with van der Waals surface area (Å²) in [4.78, 5) is 10.8. The van der Waals surface area contributed by atoms with Crippen LogP contribution in [0.4, 0.5) is 0 Å². The summed E-state index contributed by atoms with van der Waals surface area (Å²) in [7, 11) is 0. The lowest BCUT2D eigenvalue weighted by molar-refractivity contribution is -0.145. The van der Waals surface area contributed by atoms with Crippen LogP contribution in [-0.2, 0) is 4.79 Å². The lowest BCUT2D eigenvalue weighted by Crippen LogP contribution is -2.52. The molecule has 0 aromatic rings. The van der Waals surface area contributed by atoms with Gasteiger partial charge in [0.05, 0.1) is 0 Å². The first-order valence-electron chi connectivity index (χ1n) is 4.15. The van der Waals surface area contributed by atoms with E-state index in [2.05, 4.69) is 0 Å². The minimum atomic E-state index is -0.872. The molecular weight excluding hydrogens is 142 g/mol. The van der Waals surface area contributed by atoms with Crippen LogP contribution in [0.15, 0.2) is 0 Å².